The van der Waals surface area contributed by atoms with Gasteiger partial charge in [0.25, 0.3) is 0 Å². The Morgan fingerprint density at radius 2 is 2.31 bits per heavy atom. The summed E-state index contributed by atoms with van der Waals surface area (Å²) in [5, 5.41) is 6.23. The van der Waals surface area contributed by atoms with Crippen molar-refractivity contribution >= 4 is 22.4 Å². The molecule has 1 aliphatic heterocycles. The monoisotopic (exact) mass is 374 g/mol. The molecule has 2 aromatic rings. The maximum Gasteiger partial charge on any atom is 0.225 e. The summed E-state index contributed by atoms with van der Waals surface area (Å²) < 4.78 is 13.6. The van der Waals surface area contributed by atoms with E-state index >= 15 is 0 Å². The van der Waals surface area contributed by atoms with Gasteiger partial charge in [-0.05, 0) is 30.5 Å². The molecule has 1 saturated carbocycles. The zero-order chi connectivity index (χ0) is 18.1. The second-order valence-electron chi connectivity index (χ2n) is 6.99. The van der Waals surface area contributed by atoms with Crippen LogP contribution >= 0.6 is 11.3 Å². The van der Waals surface area contributed by atoms with Gasteiger partial charge in [0, 0.05) is 50.6 Å². The molecule has 1 atom stereocenters. The number of rotatable bonds is 5. The third-order valence-corrected chi connectivity index (χ3v) is 5.84. The van der Waals surface area contributed by atoms with Crippen LogP contribution in [-0.4, -0.2) is 41.5 Å². The van der Waals surface area contributed by atoms with Crippen molar-refractivity contribution in [2.45, 2.75) is 38.4 Å². The van der Waals surface area contributed by atoms with Crippen LogP contribution in [0.2, 0.25) is 0 Å². The number of aromatic nitrogens is 1. The molecule has 2 fully saturated rings. The first-order chi connectivity index (χ1) is 12.6. The van der Waals surface area contributed by atoms with Crippen LogP contribution in [0.25, 0.3) is 0 Å². The van der Waals surface area contributed by atoms with Gasteiger partial charge in [0.1, 0.15) is 5.82 Å². The minimum Gasteiger partial charge on any atom is -0.314 e. The molecule has 1 aromatic heterocycles. The van der Waals surface area contributed by atoms with E-state index < -0.39 is 0 Å². The fourth-order valence-corrected chi connectivity index (χ4v) is 4.48. The fraction of sp³-hybridized carbons (Fsp3) is 0.474. The highest BCUT2D eigenvalue weighted by Crippen LogP contribution is 2.34. The van der Waals surface area contributed by atoms with E-state index in [1.54, 1.807) is 19.1 Å². The van der Waals surface area contributed by atoms with Crippen molar-refractivity contribution in [3.8, 4) is 0 Å². The average Bonchev–Trinajstić information content (AvgIpc) is 3.34. The highest BCUT2D eigenvalue weighted by atomic mass is 32.1. The minimum absolute atomic E-state index is 0.0632. The first kappa shape index (κ1) is 17.6. The predicted octanol–water partition coefficient (Wildman–Crippen LogP) is 2.94. The Bertz CT molecular complexity index is 791. The highest BCUT2D eigenvalue weighted by Gasteiger charge is 2.34. The number of halogens is 1. The summed E-state index contributed by atoms with van der Waals surface area (Å²) in [6.07, 6.45) is 2.13. The van der Waals surface area contributed by atoms with Gasteiger partial charge < -0.3 is 5.32 Å². The summed E-state index contributed by atoms with van der Waals surface area (Å²) in [5.41, 5.74) is 1.95. The van der Waals surface area contributed by atoms with Crippen LogP contribution < -0.4 is 10.2 Å². The van der Waals surface area contributed by atoms with Crippen molar-refractivity contribution in [2.24, 2.45) is 0 Å². The number of hydrogen-bond acceptors (Lipinski definition) is 5. The van der Waals surface area contributed by atoms with Gasteiger partial charge in [-0.3, -0.25) is 14.6 Å². The van der Waals surface area contributed by atoms with Gasteiger partial charge in [-0.15, -0.1) is 11.3 Å². The van der Waals surface area contributed by atoms with Crippen molar-refractivity contribution in [3.63, 3.8) is 0 Å². The van der Waals surface area contributed by atoms with E-state index in [1.807, 2.05) is 16.3 Å². The Morgan fingerprint density at radius 3 is 3.04 bits per heavy atom. The summed E-state index contributed by atoms with van der Waals surface area (Å²) in [5.74, 6) is -0.140. The Balaban J connectivity index is 1.51. The quantitative estimate of drug-likeness (QED) is 0.874. The van der Waals surface area contributed by atoms with Crippen LogP contribution in [0.1, 0.15) is 37.1 Å². The van der Waals surface area contributed by atoms with Crippen molar-refractivity contribution < 1.29 is 9.18 Å². The molecule has 26 heavy (non-hydrogen) atoms. The molecule has 7 heteroatoms. The Hall–Kier alpha value is -1.83. The molecule has 1 aromatic carbocycles. The molecule has 0 radical (unpaired) electrons. The summed E-state index contributed by atoms with van der Waals surface area (Å²) in [4.78, 5) is 20.8. The number of nitrogens with zero attached hydrogens (tertiary/aromatic N) is 3. The SMILES string of the molecule is CC(=O)N(c1nc(CN2CCNCC2c2cccc(F)c2)cs1)C1CC1. The molecule has 1 aliphatic carbocycles. The number of anilines is 1. The maximum atomic E-state index is 13.6. The van der Waals surface area contributed by atoms with E-state index in [1.165, 1.54) is 17.4 Å². The molecule has 1 amide bonds. The molecule has 1 saturated heterocycles. The molecule has 2 aliphatic rings. The van der Waals surface area contributed by atoms with Gasteiger partial charge in [0.15, 0.2) is 5.13 Å². The molecule has 1 N–H and O–H groups in total. The molecule has 1 unspecified atom stereocenters. The van der Waals surface area contributed by atoms with Crippen LogP contribution in [0.5, 0.6) is 0 Å². The van der Waals surface area contributed by atoms with Gasteiger partial charge in [-0.2, -0.15) is 0 Å². The average molecular weight is 374 g/mol. The van der Waals surface area contributed by atoms with E-state index in [9.17, 15) is 9.18 Å². The minimum atomic E-state index is -0.203. The first-order valence-electron chi connectivity index (χ1n) is 9.06. The summed E-state index contributed by atoms with van der Waals surface area (Å²) in [7, 11) is 0. The first-order valence-corrected chi connectivity index (χ1v) is 9.94. The standard InChI is InChI=1S/C19H23FN4OS/c1-13(25)24(17-5-6-17)19-22-16(12-26-19)11-23-8-7-21-10-18(23)14-3-2-4-15(20)9-14/h2-4,9,12,17-18,21H,5-8,10-11H2,1H3. The normalized spacial score (nSPS) is 20.9. The van der Waals surface area contributed by atoms with E-state index in [0.29, 0.717) is 12.6 Å². The van der Waals surface area contributed by atoms with Crippen molar-refractivity contribution in [1.29, 1.82) is 0 Å². The van der Waals surface area contributed by atoms with Crippen molar-refractivity contribution in [1.82, 2.24) is 15.2 Å². The number of thiazole rings is 1. The highest BCUT2D eigenvalue weighted by molar-refractivity contribution is 7.14. The van der Waals surface area contributed by atoms with Gasteiger partial charge in [-0.1, -0.05) is 12.1 Å². The third-order valence-electron chi connectivity index (χ3n) is 4.95. The molecule has 0 spiro atoms. The van der Waals surface area contributed by atoms with Crippen LogP contribution in [0.4, 0.5) is 9.52 Å². The lowest BCUT2D eigenvalue weighted by molar-refractivity contribution is -0.116. The number of benzene rings is 1. The molecular formula is C19H23FN4OS. The Labute approximate surface area is 156 Å². The largest absolute Gasteiger partial charge is 0.314 e. The number of hydrogen-bond donors (Lipinski definition) is 1. The second kappa shape index (κ2) is 7.42. The molecule has 2 heterocycles. The number of carbonyl (C=O) groups is 1. The maximum absolute atomic E-state index is 13.6. The van der Waals surface area contributed by atoms with E-state index in [-0.39, 0.29) is 17.8 Å². The van der Waals surface area contributed by atoms with Gasteiger partial charge in [0.2, 0.25) is 5.91 Å². The lowest BCUT2D eigenvalue weighted by Crippen LogP contribution is -2.45. The Kier molecular flexibility index (Phi) is 5.02. The molecule has 0 bridgehead atoms. The number of carbonyl (C=O) groups excluding carboxylic acids is 1. The molecule has 138 valence electrons. The van der Waals surface area contributed by atoms with Gasteiger partial charge in [0.05, 0.1) is 5.69 Å². The Morgan fingerprint density at radius 1 is 1.46 bits per heavy atom. The zero-order valence-electron chi connectivity index (χ0n) is 14.8. The second-order valence-corrected chi connectivity index (χ2v) is 7.82. The summed E-state index contributed by atoms with van der Waals surface area (Å²) in [6, 6.07) is 7.28. The summed E-state index contributed by atoms with van der Waals surface area (Å²) in [6.45, 7) is 4.89. The summed E-state index contributed by atoms with van der Waals surface area (Å²) >= 11 is 1.53. The van der Waals surface area contributed by atoms with Gasteiger partial charge in [-0.25, -0.2) is 9.37 Å². The fourth-order valence-electron chi connectivity index (χ4n) is 3.55. The van der Waals surface area contributed by atoms with Crippen LogP contribution in [0, 0.1) is 5.82 Å². The molecule has 4 rings (SSSR count). The lowest BCUT2D eigenvalue weighted by atomic mass is 10.0. The molecule has 5 nitrogen and oxygen atoms in total. The van der Waals surface area contributed by atoms with E-state index in [0.717, 1.165) is 48.9 Å². The zero-order valence-corrected chi connectivity index (χ0v) is 15.6. The van der Waals surface area contributed by atoms with Gasteiger partial charge >= 0.3 is 0 Å². The predicted molar refractivity (Wildman–Crippen MR) is 101 cm³/mol. The topological polar surface area (TPSA) is 48.5 Å². The van der Waals surface area contributed by atoms with Crippen LogP contribution in [-0.2, 0) is 11.3 Å². The van der Waals surface area contributed by atoms with Crippen molar-refractivity contribution in [3.05, 3.63) is 46.7 Å². The van der Waals surface area contributed by atoms with E-state index in [4.69, 9.17) is 4.98 Å². The number of piperazine rings is 1. The van der Waals surface area contributed by atoms with E-state index in [2.05, 4.69) is 10.2 Å². The number of amides is 1. The lowest BCUT2D eigenvalue weighted by Gasteiger charge is -2.36. The van der Waals surface area contributed by atoms with Crippen LogP contribution in [0.3, 0.4) is 0 Å². The van der Waals surface area contributed by atoms with Crippen LogP contribution in [0.15, 0.2) is 29.6 Å². The number of nitrogens with one attached hydrogen (secondary N) is 1. The third kappa shape index (κ3) is 3.79. The molecular weight excluding hydrogens is 351 g/mol. The smallest absolute Gasteiger partial charge is 0.225 e. The van der Waals surface area contributed by atoms with Crippen molar-refractivity contribution in [2.75, 3.05) is 24.5 Å².